The summed E-state index contributed by atoms with van der Waals surface area (Å²) in [6.07, 6.45) is 3.09. The van der Waals surface area contributed by atoms with E-state index in [1.165, 1.54) is 11.1 Å². The Morgan fingerprint density at radius 2 is 1.65 bits per heavy atom. The number of piperidine rings is 1. The summed E-state index contributed by atoms with van der Waals surface area (Å²) in [6.45, 7) is 1.28. The average molecular weight is 463 g/mol. The molecule has 178 valence electrons. The maximum Gasteiger partial charge on any atom is 0.407 e. The molecule has 0 radical (unpaired) electrons. The smallest absolute Gasteiger partial charge is 0.407 e. The molecule has 5 rings (SSSR count). The van der Waals surface area contributed by atoms with Gasteiger partial charge in [0.15, 0.2) is 0 Å². The molecule has 1 aliphatic heterocycles. The first kappa shape index (κ1) is 22.4. The first-order chi connectivity index (χ1) is 16.5. The van der Waals surface area contributed by atoms with E-state index in [-0.39, 0.29) is 31.5 Å². The number of hydrogen-bond acceptors (Lipinski definition) is 4. The zero-order valence-electron chi connectivity index (χ0n) is 19.2. The van der Waals surface area contributed by atoms with Gasteiger partial charge in [-0.05, 0) is 47.9 Å². The lowest BCUT2D eigenvalue weighted by Gasteiger charge is -2.45. The molecule has 1 heterocycles. The van der Waals surface area contributed by atoms with Crippen molar-refractivity contribution < 1.29 is 24.2 Å². The monoisotopic (exact) mass is 462 g/mol. The van der Waals surface area contributed by atoms with Crippen LogP contribution in [0, 0.1) is 11.3 Å². The van der Waals surface area contributed by atoms with E-state index in [0.717, 1.165) is 17.5 Å². The van der Waals surface area contributed by atoms with Crippen molar-refractivity contribution in [2.75, 3.05) is 26.2 Å². The number of amides is 2. The van der Waals surface area contributed by atoms with E-state index < -0.39 is 23.4 Å². The van der Waals surface area contributed by atoms with Gasteiger partial charge in [0.25, 0.3) is 0 Å². The fraction of sp³-hybridized carbons (Fsp3) is 0.444. The number of carbonyl (C=O) groups excluding carboxylic acids is 2. The molecule has 2 N–H and O–H groups in total. The SMILES string of the molecule is O=C(NCC1(C(=O)N2CCC[C@H](C(=O)O)C2)CCC1)OCC1c2ccccc2-c2ccccc21. The molecule has 2 fully saturated rings. The number of likely N-dealkylation sites (tertiary alicyclic amines) is 1. The Balaban J connectivity index is 1.19. The number of ether oxygens (including phenoxy) is 1. The van der Waals surface area contributed by atoms with Crippen LogP contribution < -0.4 is 5.32 Å². The lowest BCUT2D eigenvalue weighted by atomic mass is 9.67. The van der Waals surface area contributed by atoms with Crippen LogP contribution in [0.15, 0.2) is 48.5 Å². The molecule has 2 aliphatic carbocycles. The third kappa shape index (κ3) is 4.04. The van der Waals surface area contributed by atoms with Crippen molar-refractivity contribution in [3.8, 4) is 11.1 Å². The number of nitrogens with one attached hydrogen (secondary N) is 1. The summed E-state index contributed by atoms with van der Waals surface area (Å²) in [5, 5.41) is 12.2. The fourth-order valence-corrected chi connectivity index (χ4v) is 5.66. The van der Waals surface area contributed by atoms with Crippen LogP contribution in [0.1, 0.15) is 49.1 Å². The first-order valence-electron chi connectivity index (χ1n) is 12.1. The second-order valence-electron chi connectivity index (χ2n) is 9.74. The standard InChI is InChI=1S/C27H30N2O5/c30-24(31)18-7-5-14-29(15-18)25(32)27(12-6-13-27)17-28-26(33)34-16-23-21-10-3-1-8-19(21)20-9-2-4-11-22(20)23/h1-4,8-11,18,23H,5-7,12-17H2,(H,28,33)(H,30,31)/t18-/m0/s1. The minimum Gasteiger partial charge on any atom is -0.481 e. The summed E-state index contributed by atoms with van der Waals surface area (Å²) < 4.78 is 5.62. The molecule has 0 spiro atoms. The number of rotatable bonds is 6. The van der Waals surface area contributed by atoms with Crippen LogP contribution in [0.2, 0.25) is 0 Å². The highest BCUT2D eigenvalue weighted by Crippen LogP contribution is 2.45. The zero-order valence-corrected chi connectivity index (χ0v) is 19.2. The number of carboxylic acid groups (broad SMARTS) is 1. The molecule has 34 heavy (non-hydrogen) atoms. The number of nitrogens with zero attached hydrogens (tertiary/aromatic N) is 1. The molecule has 1 atom stereocenters. The van der Waals surface area contributed by atoms with Gasteiger partial charge in [0, 0.05) is 25.6 Å². The summed E-state index contributed by atoms with van der Waals surface area (Å²) in [6, 6.07) is 16.4. The Labute approximate surface area is 199 Å². The van der Waals surface area contributed by atoms with E-state index in [1.807, 2.05) is 24.3 Å². The Bertz CT molecular complexity index is 1060. The molecular formula is C27H30N2O5. The molecule has 1 saturated carbocycles. The molecule has 3 aliphatic rings. The zero-order chi connectivity index (χ0) is 23.7. The van der Waals surface area contributed by atoms with Crippen molar-refractivity contribution >= 4 is 18.0 Å². The summed E-state index contributed by atoms with van der Waals surface area (Å²) in [5.41, 5.74) is 4.01. The highest BCUT2D eigenvalue weighted by atomic mass is 16.5. The van der Waals surface area contributed by atoms with Crippen molar-refractivity contribution in [3.63, 3.8) is 0 Å². The van der Waals surface area contributed by atoms with Crippen LogP contribution in [0.3, 0.4) is 0 Å². The van der Waals surface area contributed by atoms with Gasteiger partial charge in [0.2, 0.25) is 5.91 Å². The third-order valence-corrected chi connectivity index (χ3v) is 7.74. The Morgan fingerprint density at radius 1 is 1.00 bits per heavy atom. The predicted octanol–water partition coefficient (Wildman–Crippen LogP) is 4.02. The molecule has 0 aromatic heterocycles. The van der Waals surface area contributed by atoms with Crippen molar-refractivity contribution in [2.24, 2.45) is 11.3 Å². The molecule has 1 saturated heterocycles. The highest BCUT2D eigenvalue weighted by Gasteiger charge is 2.47. The quantitative estimate of drug-likeness (QED) is 0.676. The Morgan fingerprint density at radius 3 is 2.24 bits per heavy atom. The Kier molecular flexibility index (Phi) is 6.02. The molecule has 7 nitrogen and oxygen atoms in total. The second-order valence-corrected chi connectivity index (χ2v) is 9.74. The van der Waals surface area contributed by atoms with Crippen LogP contribution in [0.5, 0.6) is 0 Å². The van der Waals surface area contributed by atoms with Crippen molar-refractivity contribution in [3.05, 3.63) is 59.7 Å². The van der Waals surface area contributed by atoms with Gasteiger partial charge in [-0.25, -0.2) is 4.79 Å². The summed E-state index contributed by atoms with van der Waals surface area (Å²) in [7, 11) is 0. The van der Waals surface area contributed by atoms with Crippen LogP contribution in [0.4, 0.5) is 4.79 Å². The molecule has 2 aromatic carbocycles. The van der Waals surface area contributed by atoms with Crippen LogP contribution in [0.25, 0.3) is 11.1 Å². The van der Waals surface area contributed by atoms with Gasteiger partial charge >= 0.3 is 12.1 Å². The van der Waals surface area contributed by atoms with E-state index in [4.69, 9.17) is 4.74 Å². The van der Waals surface area contributed by atoms with Crippen LogP contribution in [-0.2, 0) is 14.3 Å². The topological polar surface area (TPSA) is 95.9 Å². The Hall–Kier alpha value is -3.35. The maximum absolute atomic E-state index is 13.3. The van der Waals surface area contributed by atoms with E-state index >= 15 is 0 Å². The molecule has 2 aromatic rings. The van der Waals surface area contributed by atoms with Crippen LogP contribution in [-0.4, -0.2) is 54.2 Å². The summed E-state index contributed by atoms with van der Waals surface area (Å²) in [4.78, 5) is 39.0. The number of hydrogen-bond donors (Lipinski definition) is 2. The molecule has 2 amide bonds. The van der Waals surface area contributed by atoms with Crippen molar-refractivity contribution in [1.82, 2.24) is 10.2 Å². The molecule has 0 bridgehead atoms. The van der Waals surface area contributed by atoms with Gasteiger partial charge in [-0.3, -0.25) is 9.59 Å². The van der Waals surface area contributed by atoms with Crippen LogP contribution >= 0.6 is 0 Å². The van der Waals surface area contributed by atoms with Gasteiger partial charge in [0.05, 0.1) is 11.3 Å². The number of aliphatic carboxylic acids is 1. The van der Waals surface area contributed by atoms with Crippen molar-refractivity contribution in [1.29, 1.82) is 0 Å². The normalized spacial score (nSPS) is 20.6. The first-order valence-corrected chi connectivity index (χ1v) is 12.1. The van der Waals surface area contributed by atoms with Gasteiger partial charge < -0.3 is 20.1 Å². The maximum atomic E-state index is 13.3. The van der Waals surface area contributed by atoms with Gasteiger partial charge in [0.1, 0.15) is 6.61 Å². The van der Waals surface area contributed by atoms with E-state index in [0.29, 0.717) is 32.2 Å². The molecule has 7 heteroatoms. The van der Waals surface area contributed by atoms with Gasteiger partial charge in [-0.15, -0.1) is 0 Å². The fourth-order valence-electron chi connectivity index (χ4n) is 5.66. The second kappa shape index (κ2) is 9.12. The predicted molar refractivity (Wildman–Crippen MR) is 126 cm³/mol. The largest absolute Gasteiger partial charge is 0.481 e. The van der Waals surface area contributed by atoms with Crippen molar-refractivity contribution in [2.45, 2.75) is 38.0 Å². The van der Waals surface area contributed by atoms with Gasteiger partial charge in [-0.2, -0.15) is 0 Å². The minimum absolute atomic E-state index is 0.0150. The van der Waals surface area contributed by atoms with E-state index in [9.17, 15) is 19.5 Å². The van der Waals surface area contributed by atoms with E-state index in [1.54, 1.807) is 4.90 Å². The number of carboxylic acids is 1. The summed E-state index contributed by atoms with van der Waals surface area (Å²) in [5.74, 6) is -1.41. The number of benzene rings is 2. The number of carbonyl (C=O) groups is 3. The average Bonchev–Trinajstić information content (AvgIpc) is 3.15. The lowest BCUT2D eigenvalue weighted by Crippen LogP contribution is -2.56. The van der Waals surface area contributed by atoms with E-state index in [2.05, 4.69) is 29.6 Å². The highest BCUT2D eigenvalue weighted by molar-refractivity contribution is 5.85. The summed E-state index contributed by atoms with van der Waals surface area (Å²) >= 11 is 0. The lowest BCUT2D eigenvalue weighted by molar-refractivity contribution is -0.152. The molecular weight excluding hydrogens is 432 g/mol. The number of fused-ring (bicyclic) bond motifs is 3. The van der Waals surface area contributed by atoms with Gasteiger partial charge in [-0.1, -0.05) is 55.0 Å². The molecule has 0 unspecified atom stereocenters. The number of alkyl carbamates (subject to hydrolysis) is 1. The minimum atomic E-state index is -0.850. The third-order valence-electron chi connectivity index (χ3n) is 7.74.